The molecule has 0 aliphatic heterocycles. The number of aliphatic hydroxyl groups is 1. The summed E-state index contributed by atoms with van der Waals surface area (Å²) in [5, 5.41) is 9.67. The first-order valence-corrected chi connectivity index (χ1v) is 7.87. The van der Waals surface area contributed by atoms with Crippen LogP contribution < -0.4 is 4.72 Å². The molecule has 0 spiro atoms. The Bertz CT molecular complexity index is 307. The summed E-state index contributed by atoms with van der Waals surface area (Å²) in [7, 11) is -3.32. The van der Waals surface area contributed by atoms with Crippen molar-refractivity contribution < 1.29 is 13.5 Å². The number of aliphatic hydroxyl groups excluding tert-OH is 1. The Balaban J connectivity index is 2.51. The quantitative estimate of drug-likeness (QED) is 0.734. The molecule has 0 saturated heterocycles. The third-order valence-corrected chi connectivity index (χ3v) is 5.02. The highest BCUT2D eigenvalue weighted by Crippen LogP contribution is 2.19. The predicted octanol–water partition coefficient (Wildman–Crippen LogP) is 1.08. The topological polar surface area (TPSA) is 66.4 Å². The normalized spacial score (nSPS) is 28.9. The molecule has 1 aliphatic carbocycles. The first-order valence-electron chi connectivity index (χ1n) is 5.68. The van der Waals surface area contributed by atoms with Crippen molar-refractivity contribution in [3.8, 4) is 0 Å². The summed E-state index contributed by atoms with van der Waals surface area (Å²) in [6, 6.07) is -0.318. The zero-order chi connectivity index (χ0) is 12.2. The van der Waals surface area contributed by atoms with E-state index in [0.29, 0.717) is 12.3 Å². The van der Waals surface area contributed by atoms with Crippen molar-refractivity contribution in [3.05, 3.63) is 0 Å². The molecule has 4 nitrogen and oxygen atoms in total. The predicted molar refractivity (Wildman–Crippen MR) is 65.1 cm³/mol. The van der Waals surface area contributed by atoms with Gasteiger partial charge in [0.05, 0.1) is 11.9 Å². The van der Waals surface area contributed by atoms with Gasteiger partial charge in [0, 0.05) is 11.9 Å². The van der Waals surface area contributed by atoms with Crippen molar-refractivity contribution in [1.82, 2.24) is 4.72 Å². The second-order valence-corrected chi connectivity index (χ2v) is 6.72. The van der Waals surface area contributed by atoms with Crippen LogP contribution in [0.4, 0.5) is 0 Å². The number of hydrogen-bond acceptors (Lipinski definition) is 3. The number of alkyl halides is 1. The maximum Gasteiger partial charge on any atom is 0.212 e. The van der Waals surface area contributed by atoms with Crippen LogP contribution in [0.25, 0.3) is 0 Å². The Morgan fingerprint density at radius 1 is 1.44 bits per heavy atom. The third kappa shape index (κ3) is 4.57. The van der Waals surface area contributed by atoms with Gasteiger partial charge >= 0.3 is 0 Å². The molecule has 1 unspecified atom stereocenters. The minimum atomic E-state index is -3.32. The van der Waals surface area contributed by atoms with Gasteiger partial charge in [-0.2, -0.15) is 0 Å². The fraction of sp³-hybridized carbons (Fsp3) is 1.00. The summed E-state index contributed by atoms with van der Waals surface area (Å²) in [6.07, 6.45) is 2.79. The van der Waals surface area contributed by atoms with Gasteiger partial charge in [-0.1, -0.05) is 19.8 Å². The van der Waals surface area contributed by atoms with E-state index in [1.165, 1.54) is 0 Å². The minimum Gasteiger partial charge on any atom is -0.391 e. The minimum absolute atomic E-state index is 0.0275. The van der Waals surface area contributed by atoms with E-state index < -0.39 is 16.1 Å². The number of sulfonamides is 1. The van der Waals surface area contributed by atoms with Crippen LogP contribution in [0.2, 0.25) is 0 Å². The lowest BCUT2D eigenvalue weighted by atomic mass is 9.93. The Kier molecular flexibility index (Phi) is 5.50. The molecular weight excluding hydrogens is 250 g/mol. The molecule has 6 heteroatoms. The molecule has 0 aromatic rings. The lowest BCUT2D eigenvalue weighted by Gasteiger charge is -2.28. The molecular formula is C10H20ClNO3S. The molecule has 3 atom stereocenters. The van der Waals surface area contributed by atoms with Crippen molar-refractivity contribution >= 4 is 21.6 Å². The second kappa shape index (κ2) is 6.19. The van der Waals surface area contributed by atoms with E-state index in [1.54, 1.807) is 6.92 Å². The van der Waals surface area contributed by atoms with Gasteiger partial charge in [0.25, 0.3) is 0 Å². The molecule has 16 heavy (non-hydrogen) atoms. The third-order valence-electron chi connectivity index (χ3n) is 2.83. The van der Waals surface area contributed by atoms with Gasteiger partial charge in [0.2, 0.25) is 10.0 Å². The van der Waals surface area contributed by atoms with Gasteiger partial charge in [-0.05, 0) is 18.8 Å². The maximum atomic E-state index is 11.7. The average Bonchev–Trinajstić information content (AvgIpc) is 2.20. The van der Waals surface area contributed by atoms with E-state index in [9.17, 15) is 13.5 Å². The van der Waals surface area contributed by atoms with E-state index in [4.69, 9.17) is 11.6 Å². The molecule has 1 fully saturated rings. The molecule has 0 radical (unpaired) electrons. The monoisotopic (exact) mass is 269 g/mol. The summed E-state index contributed by atoms with van der Waals surface area (Å²) in [4.78, 5) is 0. The van der Waals surface area contributed by atoms with Crippen molar-refractivity contribution in [1.29, 1.82) is 0 Å². The summed E-state index contributed by atoms with van der Waals surface area (Å²) in [5.41, 5.74) is 0. The van der Waals surface area contributed by atoms with Gasteiger partial charge in [0.1, 0.15) is 0 Å². The van der Waals surface area contributed by atoms with Crippen LogP contribution in [0, 0.1) is 5.92 Å². The maximum absolute atomic E-state index is 11.7. The molecule has 1 aliphatic rings. The lowest BCUT2D eigenvalue weighted by Crippen LogP contribution is -2.46. The largest absolute Gasteiger partial charge is 0.391 e. The SMILES string of the molecule is CC(CCl)CS(=O)(=O)N[C@H]1CCCC[C@@H]1O. The molecule has 2 N–H and O–H groups in total. The van der Waals surface area contributed by atoms with E-state index in [-0.39, 0.29) is 17.7 Å². The lowest BCUT2D eigenvalue weighted by molar-refractivity contribution is 0.101. The Hall–Kier alpha value is 0.160. The molecule has 1 saturated carbocycles. The van der Waals surface area contributed by atoms with Crippen LogP contribution in [0.3, 0.4) is 0 Å². The molecule has 0 bridgehead atoms. The molecule has 0 heterocycles. The Morgan fingerprint density at radius 3 is 2.62 bits per heavy atom. The summed E-state index contributed by atoms with van der Waals surface area (Å²) < 4.78 is 26.0. The van der Waals surface area contributed by atoms with Gasteiger partial charge in [-0.15, -0.1) is 11.6 Å². The second-order valence-electron chi connectivity index (χ2n) is 4.62. The zero-order valence-corrected chi connectivity index (χ0v) is 11.1. The van der Waals surface area contributed by atoms with E-state index in [0.717, 1.165) is 19.3 Å². The molecule has 96 valence electrons. The van der Waals surface area contributed by atoms with Gasteiger partial charge in [0.15, 0.2) is 0 Å². The Morgan fingerprint density at radius 2 is 2.06 bits per heavy atom. The molecule has 0 aromatic carbocycles. The van der Waals surface area contributed by atoms with Crippen LogP contribution in [0.5, 0.6) is 0 Å². The average molecular weight is 270 g/mol. The van der Waals surface area contributed by atoms with Gasteiger partial charge < -0.3 is 5.11 Å². The van der Waals surface area contributed by atoms with Crippen LogP contribution in [-0.2, 0) is 10.0 Å². The summed E-state index contributed by atoms with van der Waals surface area (Å²) >= 11 is 5.59. The van der Waals surface area contributed by atoms with Crippen molar-refractivity contribution in [2.24, 2.45) is 5.92 Å². The van der Waals surface area contributed by atoms with Crippen LogP contribution in [0.1, 0.15) is 32.6 Å². The number of halogens is 1. The molecule has 1 rings (SSSR count). The molecule has 0 amide bonds. The highest BCUT2D eigenvalue weighted by molar-refractivity contribution is 7.89. The van der Waals surface area contributed by atoms with Crippen molar-refractivity contribution in [3.63, 3.8) is 0 Å². The number of hydrogen-bond donors (Lipinski definition) is 2. The van der Waals surface area contributed by atoms with Crippen molar-refractivity contribution in [2.75, 3.05) is 11.6 Å². The van der Waals surface area contributed by atoms with E-state index >= 15 is 0 Å². The van der Waals surface area contributed by atoms with E-state index in [1.807, 2.05) is 0 Å². The summed E-state index contributed by atoms with van der Waals surface area (Å²) in [6.45, 7) is 1.80. The smallest absolute Gasteiger partial charge is 0.212 e. The Labute approximate surface area is 102 Å². The van der Waals surface area contributed by atoms with E-state index in [2.05, 4.69) is 4.72 Å². The molecule has 0 aromatic heterocycles. The van der Waals surface area contributed by atoms with Crippen LogP contribution in [-0.4, -0.2) is 37.3 Å². The highest BCUT2D eigenvalue weighted by Gasteiger charge is 2.27. The van der Waals surface area contributed by atoms with Crippen LogP contribution >= 0.6 is 11.6 Å². The standard InChI is InChI=1S/C10H20ClNO3S/c1-8(6-11)7-16(14,15)12-9-4-2-3-5-10(9)13/h8-10,12-13H,2-7H2,1H3/t8?,9-,10-/m0/s1. The fourth-order valence-corrected chi connectivity index (χ4v) is 3.88. The van der Waals surface area contributed by atoms with Gasteiger partial charge in [-0.25, -0.2) is 13.1 Å². The first kappa shape index (κ1) is 14.2. The van der Waals surface area contributed by atoms with Gasteiger partial charge in [-0.3, -0.25) is 0 Å². The number of nitrogens with one attached hydrogen (secondary N) is 1. The number of rotatable bonds is 5. The van der Waals surface area contributed by atoms with Crippen molar-refractivity contribution in [2.45, 2.75) is 44.8 Å². The van der Waals surface area contributed by atoms with Crippen LogP contribution in [0.15, 0.2) is 0 Å². The first-order chi connectivity index (χ1) is 7.44. The zero-order valence-electron chi connectivity index (χ0n) is 9.52. The summed E-state index contributed by atoms with van der Waals surface area (Å²) in [5.74, 6) is 0.285. The fourth-order valence-electron chi connectivity index (χ4n) is 1.95. The highest BCUT2D eigenvalue weighted by atomic mass is 35.5.